The molecule has 1 N–H and O–H groups in total. The summed E-state index contributed by atoms with van der Waals surface area (Å²) in [6.07, 6.45) is 0.577. The van der Waals surface area contributed by atoms with Crippen LogP contribution in [0.1, 0.15) is 29.8 Å². The first-order valence-corrected chi connectivity index (χ1v) is 6.74. The number of benzene rings is 1. The lowest BCUT2D eigenvalue weighted by atomic mass is 10.1. The molecular weight excluding hydrogens is 272 g/mol. The van der Waals surface area contributed by atoms with Gasteiger partial charge in [0.1, 0.15) is 12.4 Å². The van der Waals surface area contributed by atoms with Crippen LogP contribution >= 0.6 is 0 Å². The number of aromatic nitrogens is 4. The number of para-hydroxylation sites is 1. The van der Waals surface area contributed by atoms with Gasteiger partial charge in [-0.15, -0.1) is 5.10 Å². The lowest BCUT2D eigenvalue weighted by Gasteiger charge is -2.11. The largest absolute Gasteiger partial charge is 0.485 e. The Balaban J connectivity index is 1.98. The molecule has 0 fully saturated rings. The summed E-state index contributed by atoms with van der Waals surface area (Å²) >= 11 is 0. The Labute approximate surface area is 122 Å². The number of carboxylic acids is 1. The fourth-order valence-electron chi connectivity index (χ4n) is 2.04. The second kappa shape index (κ2) is 6.83. The van der Waals surface area contributed by atoms with Gasteiger partial charge >= 0.3 is 5.97 Å². The van der Waals surface area contributed by atoms with Crippen molar-refractivity contribution in [2.75, 3.05) is 0 Å². The number of ether oxygens (including phenoxy) is 1. The van der Waals surface area contributed by atoms with Gasteiger partial charge in [-0.05, 0) is 41.8 Å². The van der Waals surface area contributed by atoms with Crippen LogP contribution < -0.4 is 4.74 Å². The Kier molecular flexibility index (Phi) is 4.86. The first kappa shape index (κ1) is 15.0. The van der Waals surface area contributed by atoms with Gasteiger partial charge in [-0.1, -0.05) is 18.2 Å². The Morgan fingerprint density at radius 2 is 2.05 bits per heavy atom. The number of aliphatic carboxylic acids is 1. The highest BCUT2D eigenvalue weighted by atomic mass is 16.5. The molecule has 2 aromatic rings. The van der Waals surface area contributed by atoms with Gasteiger partial charge in [0.2, 0.25) is 0 Å². The number of aryl methyl sites for hydroxylation is 3. The van der Waals surface area contributed by atoms with Crippen LogP contribution in [0, 0.1) is 13.8 Å². The van der Waals surface area contributed by atoms with Crippen molar-refractivity contribution < 1.29 is 14.6 Å². The van der Waals surface area contributed by atoms with Gasteiger partial charge in [-0.3, -0.25) is 4.79 Å². The van der Waals surface area contributed by atoms with E-state index < -0.39 is 5.97 Å². The van der Waals surface area contributed by atoms with Crippen molar-refractivity contribution in [3.8, 4) is 5.75 Å². The monoisotopic (exact) mass is 290 g/mol. The molecule has 0 saturated heterocycles. The molecular formula is C14H18N4O3. The van der Waals surface area contributed by atoms with Crippen molar-refractivity contribution in [1.82, 2.24) is 20.2 Å². The molecule has 0 atom stereocenters. The highest BCUT2D eigenvalue weighted by Gasteiger charge is 2.10. The average Bonchev–Trinajstić information content (AvgIpc) is 2.85. The minimum atomic E-state index is -0.823. The third kappa shape index (κ3) is 4.01. The molecule has 7 heteroatoms. The molecule has 0 aliphatic carbocycles. The van der Waals surface area contributed by atoms with E-state index in [1.165, 1.54) is 0 Å². The van der Waals surface area contributed by atoms with Crippen LogP contribution in [0.25, 0.3) is 0 Å². The van der Waals surface area contributed by atoms with Gasteiger partial charge in [0.25, 0.3) is 0 Å². The molecule has 0 spiro atoms. The van der Waals surface area contributed by atoms with Crippen molar-refractivity contribution in [3.05, 3.63) is 35.2 Å². The molecule has 2 rings (SSSR count). The van der Waals surface area contributed by atoms with Gasteiger partial charge in [-0.25, -0.2) is 4.68 Å². The molecule has 112 valence electrons. The number of carboxylic acid groups (broad SMARTS) is 1. The second-order valence-corrected chi connectivity index (χ2v) is 4.83. The summed E-state index contributed by atoms with van der Waals surface area (Å²) in [5, 5.41) is 20.0. The van der Waals surface area contributed by atoms with Crippen LogP contribution in [-0.2, 0) is 17.9 Å². The van der Waals surface area contributed by atoms with Crippen LogP contribution in [0.2, 0.25) is 0 Å². The molecule has 0 saturated carbocycles. The fraction of sp³-hybridized carbons (Fsp3) is 0.429. The zero-order valence-electron chi connectivity index (χ0n) is 12.1. The molecule has 7 nitrogen and oxygen atoms in total. The summed E-state index contributed by atoms with van der Waals surface area (Å²) in [6.45, 7) is 4.69. The molecule has 0 radical (unpaired) electrons. The highest BCUT2D eigenvalue weighted by Crippen LogP contribution is 2.23. The second-order valence-electron chi connectivity index (χ2n) is 4.83. The zero-order chi connectivity index (χ0) is 15.2. The summed E-state index contributed by atoms with van der Waals surface area (Å²) in [4.78, 5) is 10.5. The van der Waals surface area contributed by atoms with E-state index >= 15 is 0 Å². The molecule has 0 aliphatic heterocycles. The number of tetrazole rings is 1. The SMILES string of the molecule is Cc1cccc(C)c1OCc1nnnn1CCCC(=O)O. The summed E-state index contributed by atoms with van der Waals surface area (Å²) in [5.41, 5.74) is 2.11. The quantitative estimate of drug-likeness (QED) is 0.835. The predicted molar refractivity (Wildman–Crippen MR) is 74.9 cm³/mol. The Morgan fingerprint density at radius 1 is 1.33 bits per heavy atom. The summed E-state index contributed by atoms with van der Waals surface area (Å²) in [5.74, 6) is 0.594. The molecule has 0 aliphatic rings. The van der Waals surface area contributed by atoms with Crippen molar-refractivity contribution in [2.45, 2.75) is 39.8 Å². The van der Waals surface area contributed by atoms with Crippen LogP contribution in [0.4, 0.5) is 0 Å². The average molecular weight is 290 g/mol. The van der Waals surface area contributed by atoms with Gasteiger partial charge in [0.05, 0.1) is 0 Å². The topological polar surface area (TPSA) is 90.1 Å². The maximum atomic E-state index is 10.5. The van der Waals surface area contributed by atoms with E-state index in [0.717, 1.165) is 16.9 Å². The summed E-state index contributed by atoms with van der Waals surface area (Å²) in [7, 11) is 0. The van der Waals surface area contributed by atoms with Crippen LogP contribution in [0.15, 0.2) is 18.2 Å². The van der Waals surface area contributed by atoms with E-state index in [2.05, 4.69) is 15.5 Å². The number of carbonyl (C=O) groups is 1. The van der Waals surface area contributed by atoms with Gasteiger partial charge in [0, 0.05) is 13.0 Å². The lowest BCUT2D eigenvalue weighted by Crippen LogP contribution is -2.10. The van der Waals surface area contributed by atoms with E-state index in [9.17, 15) is 4.79 Å². The third-order valence-corrected chi connectivity index (χ3v) is 3.12. The molecule has 1 aromatic heterocycles. The first-order chi connectivity index (χ1) is 10.1. The number of nitrogens with zero attached hydrogens (tertiary/aromatic N) is 4. The first-order valence-electron chi connectivity index (χ1n) is 6.74. The summed E-state index contributed by atoms with van der Waals surface area (Å²) < 4.78 is 7.38. The molecule has 21 heavy (non-hydrogen) atoms. The van der Waals surface area contributed by atoms with Crippen molar-refractivity contribution in [2.24, 2.45) is 0 Å². The number of rotatable bonds is 7. The molecule has 0 amide bonds. The Bertz CT molecular complexity index is 604. The number of hydrogen-bond acceptors (Lipinski definition) is 5. The fourth-order valence-corrected chi connectivity index (χ4v) is 2.04. The van der Waals surface area contributed by atoms with Gasteiger partial charge in [-0.2, -0.15) is 0 Å². The number of hydrogen-bond donors (Lipinski definition) is 1. The standard InChI is InChI=1S/C14H18N4O3/c1-10-5-3-6-11(2)14(10)21-9-12-15-16-17-18(12)8-4-7-13(19)20/h3,5-6H,4,7-9H2,1-2H3,(H,19,20). The maximum Gasteiger partial charge on any atom is 0.303 e. The van der Waals surface area contributed by atoms with E-state index in [4.69, 9.17) is 9.84 Å². The predicted octanol–water partition coefficient (Wildman–Crippen LogP) is 1.73. The Hall–Kier alpha value is -2.44. The van der Waals surface area contributed by atoms with Crippen LogP contribution in [0.3, 0.4) is 0 Å². The van der Waals surface area contributed by atoms with Crippen molar-refractivity contribution in [1.29, 1.82) is 0 Å². The highest BCUT2D eigenvalue weighted by molar-refractivity contribution is 5.66. The smallest absolute Gasteiger partial charge is 0.303 e. The van der Waals surface area contributed by atoms with E-state index in [0.29, 0.717) is 18.8 Å². The Morgan fingerprint density at radius 3 is 2.71 bits per heavy atom. The minimum Gasteiger partial charge on any atom is -0.485 e. The van der Waals surface area contributed by atoms with Crippen molar-refractivity contribution in [3.63, 3.8) is 0 Å². The van der Waals surface area contributed by atoms with E-state index in [1.54, 1.807) is 4.68 Å². The van der Waals surface area contributed by atoms with Gasteiger partial charge < -0.3 is 9.84 Å². The van der Waals surface area contributed by atoms with Crippen molar-refractivity contribution >= 4 is 5.97 Å². The van der Waals surface area contributed by atoms with E-state index in [1.807, 2.05) is 32.0 Å². The zero-order valence-corrected chi connectivity index (χ0v) is 12.1. The van der Waals surface area contributed by atoms with Crippen LogP contribution in [-0.4, -0.2) is 31.3 Å². The van der Waals surface area contributed by atoms with E-state index in [-0.39, 0.29) is 13.0 Å². The maximum absolute atomic E-state index is 10.5. The van der Waals surface area contributed by atoms with Gasteiger partial charge in [0.15, 0.2) is 5.82 Å². The third-order valence-electron chi connectivity index (χ3n) is 3.12. The normalized spacial score (nSPS) is 10.6. The molecule has 1 aromatic carbocycles. The molecule has 0 unspecified atom stereocenters. The molecule has 0 bridgehead atoms. The van der Waals surface area contributed by atoms with Crippen LogP contribution in [0.5, 0.6) is 5.75 Å². The molecule has 1 heterocycles. The summed E-state index contributed by atoms with van der Waals surface area (Å²) in [6, 6.07) is 5.95. The minimum absolute atomic E-state index is 0.0943. The lowest BCUT2D eigenvalue weighted by molar-refractivity contribution is -0.137.